The fraction of sp³-hybridized carbons (Fsp3) is 0.615. The highest BCUT2D eigenvalue weighted by Gasteiger charge is 2.18. The van der Waals surface area contributed by atoms with Crippen LogP contribution >= 0.6 is 11.6 Å². The number of pyridine rings is 1. The number of rotatable bonds is 4. The summed E-state index contributed by atoms with van der Waals surface area (Å²) >= 11 is 5.85. The lowest BCUT2D eigenvalue weighted by Crippen LogP contribution is -2.48. The van der Waals surface area contributed by atoms with Gasteiger partial charge in [0.1, 0.15) is 5.82 Å². The monoisotopic (exact) mass is 268 g/mol. The molecule has 1 unspecified atom stereocenters. The smallest absolute Gasteiger partial charge is 0.128 e. The van der Waals surface area contributed by atoms with Crippen LogP contribution in [0.1, 0.15) is 6.92 Å². The van der Waals surface area contributed by atoms with Gasteiger partial charge in [-0.15, -0.1) is 0 Å². The van der Waals surface area contributed by atoms with E-state index in [-0.39, 0.29) is 0 Å². The van der Waals surface area contributed by atoms with Crippen LogP contribution < -0.4 is 10.6 Å². The van der Waals surface area contributed by atoms with Gasteiger partial charge in [0.05, 0.1) is 5.02 Å². The second-order valence-electron chi connectivity index (χ2n) is 4.96. The molecule has 1 saturated heterocycles. The molecule has 0 bridgehead atoms. The maximum atomic E-state index is 5.85. The minimum Gasteiger partial charge on any atom is -0.354 e. The highest BCUT2D eigenvalue weighted by atomic mass is 35.5. The number of hydrogen-bond acceptors (Lipinski definition) is 4. The van der Waals surface area contributed by atoms with E-state index in [9.17, 15) is 0 Å². The first-order valence-corrected chi connectivity index (χ1v) is 6.85. The van der Waals surface area contributed by atoms with Crippen LogP contribution in [0.2, 0.25) is 5.02 Å². The number of hydrogen-bond donors (Lipinski definition) is 1. The van der Waals surface area contributed by atoms with Gasteiger partial charge >= 0.3 is 0 Å². The van der Waals surface area contributed by atoms with Gasteiger partial charge < -0.3 is 10.6 Å². The largest absolute Gasteiger partial charge is 0.354 e. The molecule has 0 spiro atoms. The van der Waals surface area contributed by atoms with E-state index in [1.807, 2.05) is 12.1 Å². The van der Waals surface area contributed by atoms with Crippen LogP contribution in [0.5, 0.6) is 0 Å². The second-order valence-corrected chi connectivity index (χ2v) is 5.40. The summed E-state index contributed by atoms with van der Waals surface area (Å²) in [5.41, 5.74) is 5.66. The third kappa shape index (κ3) is 3.57. The predicted molar refractivity (Wildman–Crippen MR) is 76.1 cm³/mol. The Bertz CT molecular complexity index is 360. The molecule has 0 aromatic carbocycles. The Kier molecular flexibility index (Phi) is 4.80. The van der Waals surface area contributed by atoms with Crippen molar-refractivity contribution in [2.75, 3.05) is 44.2 Å². The van der Waals surface area contributed by atoms with Crippen molar-refractivity contribution in [2.45, 2.75) is 6.92 Å². The van der Waals surface area contributed by atoms with Crippen LogP contribution in [-0.2, 0) is 0 Å². The molecule has 0 saturated carbocycles. The highest BCUT2D eigenvalue weighted by molar-refractivity contribution is 6.30. The molecule has 18 heavy (non-hydrogen) atoms. The Hall–Kier alpha value is -0.840. The maximum Gasteiger partial charge on any atom is 0.128 e. The van der Waals surface area contributed by atoms with Crippen LogP contribution in [-0.4, -0.2) is 49.2 Å². The normalized spacial score (nSPS) is 18.9. The van der Waals surface area contributed by atoms with Crippen molar-refractivity contribution >= 4 is 17.4 Å². The number of anilines is 1. The fourth-order valence-electron chi connectivity index (χ4n) is 2.23. The van der Waals surface area contributed by atoms with E-state index < -0.39 is 0 Å². The van der Waals surface area contributed by atoms with Gasteiger partial charge in [-0.05, 0) is 24.6 Å². The Morgan fingerprint density at radius 3 is 2.61 bits per heavy atom. The summed E-state index contributed by atoms with van der Waals surface area (Å²) in [4.78, 5) is 9.14. The SMILES string of the molecule is CC(CN)CN1CCN(c2ccc(Cl)cn2)CC1. The molecule has 5 heteroatoms. The zero-order valence-corrected chi connectivity index (χ0v) is 11.6. The number of nitrogens with zero attached hydrogens (tertiary/aromatic N) is 3. The molecule has 1 aliphatic heterocycles. The van der Waals surface area contributed by atoms with Crippen LogP contribution in [0.3, 0.4) is 0 Å². The van der Waals surface area contributed by atoms with E-state index in [1.165, 1.54) is 0 Å². The zero-order chi connectivity index (χ0) is 13.0. The van der Waals surface area contributed by atoms with Crippen LogP contribution in [0.15, 0.2) is 18.3 Å². The molecule has 4 nitrogen and oxygen atoms in total. The molecule has 2 N–H and O–H groups in total. The molecular weight excluding hydrogens is 248 g/mol. The third-order valence-corrected chi connectivity index (χ3v) is 3.60. The summed E-state index contributed by atoms with van der Waals surface area (Å²) in [5.74, 6) is 1.59. The molecule has 1 aliphatic rings. The van der Waals surface area contributed by atoms with Gasteiger partial charge in [0.25, 0.3) is 0 Å². The maximum absolute atomic E-state index is 5.85. The Balaban J connectivity index is 1.84. The predicted octanol–water partition coefficient (Wildman–Crippen LogP) is 1.45. The van der Waals surface area contributed by atoms with Crippen molar-refractivity contribution in [1.29, 1.82) is 0 Å². The third-order valence-electron chi connectivity index (χ3n) is 3.38. The van der Waals surface area contributed by atoms with Crippen LogP contribution in [0, 0.1) is 5.92 Å². The molecule has 0 amide bonds. The van der Waals surface area contributed by atoms with Crippen molar-refractivity contribution in [3.63, 3.8) is 0 Å². The van der Waals surface area contributed by atoms with E-state index in [0.717, 1.165) is 45.1 Å². The minimum absolute atomic E-state index is 0.574. The van der Waals surface area contributed by atoms with E-state index in [4.69, 9.17) is 17.3 Å². The van der Waals surface area contributed by atoms with E-state index >= 15 is 0 Å². The van der Waals surface area contributed by atoms with Gasteiger partial charge in [0.2, 0.25) is 0 Å². The lowest BCUT2D eigenvalue weighted by molar-refractivity contribution is 0.227. The summed E-state index contributed by atoms with van der Waals surface area (Å²) < 4.78 is 0. The van der Waals surface area contributed by atoms with Gasteiger partial charge in [-0.2, -0.15) is 0 Å². The minimum atomic E-state index is 0.574. The average Bonchev–Trinajstić information content (AvgIpc) is 2.40. The summed E-state index contributed by atoms with van der Waals surface area (Å²) in [6.07, 6.45) is 1.71. The molecule has 1 aromatic heterocycles. The van der Waals surface area contributed by atoms with Crippen molar-refractivity contribution in [2.24, 2.45) is 11.7 Å². The number of aromatic nitrogens is 1. The Morgan fingerprint density at radius 2 is 2.06 bits per heavy atom. The van der Waals surface area contributed by atoms with Crippen molar-refractivity contribution in [3.8, 4) is 0 Å². The van der Waals surface area contributed by atoms with Crippen LogP contribution in [0.25, 0.3) is 0 Å². The Morgan fingerprint density at radius 1 is 1.33 bits per heavy atom. The van der Waals surface area contributed by atoms with E-state index in [2.05, 4.69) is 21.7 Å². The van der Waals surface area contributed by atoms with Crippen molar-refractivity contribution < 1.29 is 0 Å². The molecule has 100 valence electrons. The first kappa shape index (κ1) is 13.6. The lowest BCUT2D eigenvalue weighted by Gasteiger charge is -2.36. The molecule has 1 atom stereocenters. The first-order valence-electron chi connectivity index (χ1n) is 6.48. The summed E-state index contributed by atoms with van der Waals surface area (Å²) in [6.45, 7) is 8.26. The zero-order valence-electron chi connectivity index (χ0n) is 10.8. The van der Waals surface area contributed by atoms with Gasteiger partial charge in [-0.1, -0.05) is 18.5 Å². The van der Waals surface area contributed by atoms with E-state index in [1.54, 1.807) is 6.20 Å². The molecule has 1 fully saturated rings. The van der Waals surface area contributed by atoms with Crippen molar-refractivity contribution in [3.05, 3.63) is 23.4 Å². The van der Waals surface area contributed by atoms with Gasteiger partial charge in [-0.25, -0.2) is 4.98 Å². The first-order chi connectivity index (χ1) is 8.69. The van der Waals surface area contributed by atoms with Gasteiger partial charge in [0, 0.05) is 38.9 Å². The van der Waals surface area contributed by atoms with E-state index in [0.29, 0.717) is 10.9 Å². The topological polar surface area (TPSA) is 45.4 Å². The fourth-order valence-corrected chi connectivity index (χ4v) is 2.34. The van der Waals surface area contributed by atoms with Crippen molar-refractivity contribution in [1.82, 2.24) is 9.88 Å². The number of halogens is 1. The summed E-state index contributed by atoms with van der Waals surface area (Å²) in [5, 5.41) is 0.689. The van der Waals surface area contributed by atoms with Crippen LogP contribution in [0.4, 0.5) is 5.82 Å². The standard InChI is InChI=1S/C13H21ClN4/c1-11(8-15)10-17-4-6-18(7-5-17)13-3-2-12(14)9-16-13/h2-3,9,11H,4-8,10,15H2,1H3. The quantitative estimate of drug-likeness (QED) is 0.898. The molecule has 2 rings (SSSR count). The highest BCUT2D eigenvalue weighted by Crippen LogP contribution is 2.16. The molecule has 2 heterocycles. The van der Waals surface area contributed by atoms with Gasteiger partial charge in [0.15, 0.2) is 0 Å². The Labute approximate surface area is 114 Å². The number of nitrogens with two attached hydrogens (primary N) is 1. The summed E-state index contributed by atoms with van der Waals surface area (Å²) in [6, 6.07) is 3.88. The van der Waals surface area contributed by atoms with Gasteiger partial charge in [-0.3, -0.25) is 4.90 Å². The number of piperazine rings is 1. The lowest BCUT2D eigenvalue weighted by atomic mass is 10.1. The molecular formula is C13H21ClN4. The second kappa shape index (κ2) is 6.36. The molecule has 1 aromatic rings. The molecule has 0 radical (unpaired) electrons. The summed E-state index contributed by atoms with van der Waals surface area (Å²) in [7, 11) is 0. The average molecular weight is 269 g/mol. The molecule has 0 aliphatic carbocycles.